The Hall–Kier alpha value is -3.80. The normalized spacial score (nSPS) is 10.8. The smallest absolute Gasteiger partial charge is 0.180 e. The molecule has 0 aliphatic heterocycles. The van der Waals surface area contributed by atoms with Gasteiger partial charge in [0.25, 0.3) is 0 Å². The van der Waals surface area contributed by atoms with Gasteiger partial charge in [-0.3, -0.25) is 0 Å². The first-order valence-electron chi connectivity index (χ1n) is 8.92. The fourth-order valence-electron chi connectivity index (χ4n) is 2.88. The fourth-order valence-corrected chi connectivity index (χ4v) is 3.16. The molecule has 0 radical (unpaired) electrons. The summed E-state index contributed by atoms with van der Waals surface area (Å²) in [6.07, 6.45) is 1.53. The Bertz CT molecular complexity index is 1190. The summed E-state index contributed by atoms with van der Waals surface area (Å²) in [7, 11) is 1.47. The van der Waals surface area contributed by atoms with Gasteiger partial charge in [0.1, 0.15) is 12.4 Å². The minimum atomic E-state index is -0.487. The standard InChI is InChI=1S/C24H16ClFN2O2/c1-29-23-12-16(10-19(14-28)20-8-4-5-9-22(20)26)11-21(25)24(23)30-15-18-7-3-2-6-17(18)13-27/h2-12H,15H2,1H3/b19-10-. The third-order valence-electron chi connectivity index (χ3n) is 4.36. The molecule has 4 nitrogen and oxygen atoms in total. The topological polar surface area (TPSA) is 66.0 Å². The van der Waals surface area contributed by atoms with E-state index >= 15 is 0 Å². The number of hydrogen-bond acceptors (Lipinski definition) is 4. The minimum Gasteiger partial charge on any atom is -0.493 e. The van der Waals surface area contributed by atoms with Crippen molar-refractivity contribution in [3.05, 3.63) is 93.8 Å². The number of allylic oxidation sites excluding steroid dienone is 1. The second kappa shape index (κ2) is 9.60. The van der Waals surface area contributed by atoms with Crippen LogP contribution in [0, 0.1) is 28.5 Å². The summed E-state index contributed by atoms with van der Waals surface area (Å²) in [5.41, 5.74) is 2.14. The van der Waals surface area contributed by atoms with E-state index in [4.69, 9.17) is 21.1 Å². The Balaban J connectivity index is 1.93. The van der Waals surface area contributed by atoms with E-state index in [-0.39, 0.29) is 22.8 Å². The molecule has 0 unspecified atom stereocenters. The van der Waals surface area contributed by atoms with Gasteiger partial charge in [-0.1, -0.05) is 48.0 Å². The highest BCUT2D eigenvalue weighted by Gasteiger charge is 2.14. The Labute approximate surface area is 179 Å². The lowest BCUT2D eigenvalue weighted by atomic mass is 10.0. The van der Waals surface area contributed by atoms with Crippen molar-refractivity contribution >= 4 is 23.3 Å². The van der Waals surface area contributed by atoms with Crippen molar-refractivity contribution in [1.29, 1.82) is 10.5 Å². The van der Waals surface area contributed by atoms with Crippen molar-refractivity contribution in [2.45, 2.75) is 6.61 Å². The second-order valence-electron chi connectivity index (χ2n) is 6.24. The SMILES string of the molecule is COc1cc(/C=C(/C#N)c2ccccc2F)cc(Cl)c1OCc1ccccc1C#N. The van der Waals surface area contributed by atoms with E-state index in [1.165, 1.54) is 25.3 Å². The maximum absolute atomic E-state index is 14.1. The number of nitrogens with zero attached hydrogens (tertiary/aromatic N) is 2. The van der Waals surface area contributed by atoms with Crippen molar-refractivity contribution in [2.24, 2.45) is 0 Å². The molecule has 0 bridgehead atoms. The van der Waals surface area contributed by atoms with Crippen LogP contribution in [0.1, 0.15) is 22.3 Å². The maximum Gasteiger partial charge on any atom is 0.180 e. The summed E-state index contributed by atoms with van der Waals surface area (Å²) >= 11 is 6.40. The number of ether oxygens (including phenoxy) is 2. The predicted molar refractivity (Wildman–Crippen MR) is 113 cm³/mol. The molecule has 3 aromatic carbocycles. The van der Waals surface area contributed by atoms with Crippen LogP contribution in [0.2, 0.25) is 5.02 Å². The zero-order valence-electron chi connectivity index (χ0n) is 16.0. The maximum atomic E-state index is 14.1. The van der Waals surface area contributed by atoms with Crippen LogP contribution in [0.4, 0.5) is 4.39 Å². The zero-order chi connectivity index (χ0) is 21.5. The van der Waals surface area contributed by atoms with Gasteiger partial charge in [0, 0.05) is 11.1 Å². The third kappa shape index (κ3) is 4.60. The van der Waals surface area contributed by atoms with E-state index < -0.39 is 5.82 Å². The Morgan fingerprint density at radius 2 is 1.83 bits per heavy atom. The van der Waals surface area contributed by atoms with Crippen molar-refractivity contribution in [3.8, 4) is 23.6 Å². The summed E-state index contributed by atoms with van der Waals surface area (Å²) in [4.78, 5) is 0. The predicted octanol–water partition coefficient (Wildman–Crippen LogP) is 6.00. The molecule has 0 aliphatic rings. The van der Waals surface area contributed by atoms with E-state index in [2.05, 4.69) is 6.07 Å². The van der Waals surface area contributed by atoms with Crippen molar-refractivity contribution in [2.75, 3.05) is 7.11 Å². The Morgan fingerprint density at radius 3 is 2.53 bits per heavy atom. The number of methoxy groups -OCH3 is 1. The van der Waals surface area contributed by atoms with Gasteiger partial charge in [0.15, 0.2) is 11.5 Å². The van der Waals surface area contributed by atoms with E-state index in [0.29, 0.717) is 28.2 Å². The number of rotatable bonds is 6. The lowest BCUT2D eigenvalue weighted by molar-refractivity contribution is 0.284. The van der Waals surface area contributed by atoms with Crippen LogP contribution in [0.3, 0.4) is 0 Å². The van der Waals surface area contributed by atoms with Crippen molar-refractivity contribution < 1.29 is 13.9 Å². The lowest BCUT2D eigenvalue weighted by Gasteiger charge is -2.14. The number of benzene rings is 3. The van der Waals surface area contributed by atoms with Crippen LogP contribution in [-0.2, 0) is 6.61 Å². The molecule has 0 amide bonds. The van der Waals surface area contributed by atoms with Crippen LogP contribution in [-0.4, -0.2) is 7.11 Å². The molecule has 0 heterocycles. The Morgan fingerprint density at radius 1 is 1.10 bits per heavy atom. The summed E-state index contributed by atoms with van der Waals surface area (Å²) in [5.74, 6) is 0.182. The van der Waals surface area contributed by atoms with Gasteiger partial charge in [-0.15, -0.1) is 0 Å². The van der Waals surface area contributed by atoms with Gasteiger partial charge in [0.2, 0.25) is 0 Å². The number of nitriles is 2. The molecular weight excluding hydrogens is 403 g/mol. The summed E-state index contributed by atoms with van der Waals surface area (Å²) in [6.45, 7) is 0.133. The third-order valence-corrected chi connectivity index (χ3v) is 4.64. The van der Waals surface area contributed by atoms with Crippen LogP contribution in [0.5, 0.6) is 11.5 Å². The first-order chi connectivity index (χ1) is 14.6. The van der Waals surface area contributed by atoms with Crippen LogP contribution >= 0.6 is 11.6 Å². The monoisotopic (exact) mass is 418 g/mol. The number of hydrogen-bond donors (Lipinski definition) is 0. The molecule has 6 heteroatoms. The second-order valence-corrected chi connectivity index (χ2v) is 6.65. The molecule has 30 heavy (non-hydrogen) atoms. The van der Waals surface area contributed by atoms with Gasteiger partial charge in [-0.2, -0.15) is 10.5 Å². The van der Waals surface area contributed by atoms with E-state index in [0.717, 1.165) is 0 Å². The molecule has 148 valence electrons. The molecule has 0 atom stereocenters. The Kier molecular flexibility index (Phi) is 6.70. The molecule has 0 N–H and O–H groups in total. The molecule has 0 saturated carbocycles. The van der Waals surface area contributed by atoms with Gasteiger partial charge in [-0.25, -0.2) is 4.39 Å². The lowest BCUT2D eigenvalue weighted by Crippen LogP contribution is -2.01. The summed E-state index contributed by atoms with van der Waals surface area (Å²) < 4.78 is 25.3. The van der Waals surface area contributed by atoms with Gasteiger partial charge in [0.05, 0.1) is 35.4 Å². The van der Waals surface area contributed by atoms with E-state index in [9.17, 15) is 14.9 Å². The average molecular weight is 419 g/mol. The molecule has 0 fully saturated rings. The molecule has 3 rings (SSSR count). The number of halogens is 2. The zero-order valence-corrected chi connectivity index (χ0v) is 16.8. The fraction of sp³-hybridized carbons (Fsp3) is 0.0833. The highest BCUT2D eigenvalue weighted by molar-refractivity contribution is 6.32. The highest BCUT2D eigenvalue weighted by atomic mass is 35.5. The van der Waals surface area contributed by atoms with Crippen LogP contribution < -0.4 is 9.47 Å². The van der Waals surface area contributed by atoms with Crippen molar-refractivity contribution in [1.82, 2.24) is 0 Å². The van der Waals surface area contributed by atoms with E-state index in [1.807, 2.05) is 12.1 Å². The largest absolute Gasteiger partial charge is 0.493 e. The van der Waals surface area contributed by atoms with Gasteiger partial charge in [-0.05, 0) is 35.9 Å². The van der Waals surface area contributed by atoms with Gasteiger partial charge < -0.3 is 9.47 Å². The molecule has 0 aliphatic carbocycles. The van der Waals surface area contributed by atoms with Crippen LogP contribution in [0.25, 0.3) is 11.6 Å². The van der Waals surface area contributed by atoms with E-state index in [1.54, 1.807) is 42.5 Å². The quantitative estimate of drug-likeness (QED) is 0.363. The van der Waals surface area contributed by atoms with Crippen LogP contribution in [0.15, 0.2) is 60.7 Å². The van der Waals surface area contributed by atoms with Crippen molar-refractivity contribution in [3.63, 3.8) is 0 Å². The summed E-state index contributed by atoms with van der Waals surface area (Å²) in [6, 6.07) is 20.5. The average Bonchev–Trinajstić information content (AvgIpc) is 2.77. The minimum absolute atomic E-state index is 0.133. The molecule has 0 spiro atoms. The highest BCUT2D eigenvalue weighted by Crippen LogP contribution is 2.38. The summed E-state index contributed by atoms with van der Waals surface area (Å²) in [5, 5.41) is 19.0. The molecular formula is C24H16ClFN2O2. The molecule has 0 aromatic heterocycles. The first-order valence-corrected chi connectivity index (χ1v) is 9.30. The first kappa shape index (κ1) is 20.9. The molecule has 0 saturated heterocycles. The van der Waals surface area contributed by atoms with Gasteiger partial charge >= 0.3 is 0 Å². The molecule has 3 aromatic rings.